The van der Waals surface area contributed by atoms with Gasteiger partial charge in [-0.05, 0) is 13.0 Å². The molecule has 1 fully saturated rings. The van der Waals surface area contributed by atoms with Crippen LogP contribution in [0.1, 0.15) is 20.8 Å². The molecule has 0 aliphatic carbocycles. The maximum atomic E-state index is 9.80. The molecule has 0 radical (unpaired) electrons. The van der Waals surface area contributed by atoms with E-state index in [2.05, 4.69) is 32.7 Å². The smallest absolute Gasteiger partial charge is 0.0641 e. The minimum atomic E-state index is -0.140. The lowest BCUT2D eigenvalue weighted by Gasteiger charge is -2.44. The second-order valence-electron chi connectivity index (χ2n) is 4.61. The zero-order valence-corrected chi connectivity index (χ0v) is 7.96. The largest absolute Gasteiger partial charge is 0.392 e. The van der Waals surface area contributed by atoms with Crippen LogP contribution >= 0.6 is 0 Å². The Morgan fingerprint density at radius 2 is 2.00 bits per heavy atom. The summed E-state index contributed by atoms with van der Waals surface area (Å²) in [5.41, 5.74) is 0.0619. The van der Waals surface area contributed by atoms with E-state index in [-0.39, 0.29) is 11.5 Å². The SMILES string of the molecule is CC1CN(C)CC(C)(C)[C@H]1O. The van der Waals surface area contributed by atoms with Gasteiger partial charge in [-0.1, -0.05) is 20.8 Å². The Kier molecular flexibility index (Phi) is 2.26. The fraction of sp³-hybridized carbons (Fsp3) is 1.00. The standard InChI is InChI=1S/C9H19NO/c1-7-5-10(4)6-9(2,3)8(7)11/h7-8,11H,5-6H2,1-4H3/t7?,8-/m0/s1. The van der Waals surface area contributed by atoms with Crippen LogP contribution in [0, 0.1) is 11.3 Å². The minimum Gasteiger partial charge on any atom is -0.392 e. The number of aliphatic hydroxyl groups excluding tert-OH is 1. The Labute approximate surface area is 69.2 Å². The highest BCUT2D eigenvalue weighted by Gasteiger charge is 2.37. The van der Waals surface area contributed by atoms with Crippen molar-refractivity contribution in [1.82, 2.24) is 4.90 Å². The number of likely N-dealkylation sites (tertiary alicyclic amines) is 1. The maximum absolute atomic E-state index is 9.80. The summed E-state index contributed by atoms with van der Waals surface area (Å²) < 4.78 is 0. The fourth-order valence-corrected chi connectivity index (χ4v) is 2.22. The molecule has 2 nitrogen and oxygen atoms in total. The van der Waals surface area contributed by atoms with Crippen LogP contribution in [0.25, 0.3) is 0 Å². The van der Waals surface area contributed by atoms with Crippen LogP contribution in [-0.2, 0) is 0 Å². The van der Waals surface area contributed by atoms with Crippen molar-refractivity contribution in [3.05, 3.63) is 0 Å². The van der Waals surface area contributed by atoms with Gasteiger partial charge in [-0.2, -0.15) is 0 Å². The van der Waals surface area contributed by atoms with Crippen LogP contribution in [0.15, 0.2) is 0 Å². The van der Waals surface area contributed by atoms with Crippen LogP contribution in [0.5, 0.6) is 0 Å². The van der Waals surface area contributed by atoms with Crippen molar-refractivity contribution in [2.45, 2.75) is 26.9 Å². The molecule has 2 atom stereocenters. The molecule has 0 bridgehead atoms. The summed E-state index contributed by atoms with van der Waals surface area (Å²) in [6, 6.07) is 0. The summed E-state index contributed by atoms with van der Waals surface area (Å²) in [6.45, 7) is 8.39. The zero-order valence-electron chi connectivity index (χ0n) is 7.96. The summed E-state index contributed by atoms with van der Waals surface area (Å²) >= 11 is 0. The van der Waals surface area contributed by atoms with Crippen molar-refractivity contribution in [2.24, 2.45) is 11.3 Å². The van der Waals surface area contributed by atoms with Gasteiger partial charge >= 0.3 is 0 Å². The molecular formula is C9H19NO. The molecule has 1 aliphatic heterocycles. The van der Waals surface area contributed by atoms with Crippen molar-refractivity contribution < 1.29 is 5.11 Å². The quantitative estimate of drug-likeness (QED) is 0.566. The first-order valence-electron chi connectivity index (χ1n) is 4.30. The summed E-state index contributed by atoms with van der Waals surface area (Å²) in [5, 5.41) is 9.80. The Balaban J connectivity index is 2.67. The molecule has 0 aromatic rings. The molecule has 0 aromatic heterocycles. The number of nitrogens with zero attached hydrogens (tertiary/aromatic N) is 1. The molecule has 66 valence electrons. The normalized spacial score (nSPS) is 39.0. The van der Waals surface area contributed by atoms with Crippen molar-refractivity contribution in [2.75, 3.05) is 20.1 Å². The van der Waals surface area contributed by atoms with Gasteiger partial charge in [-0.15, -0.1) is 0 Å². The summed E-state index contributed by atoms with van der Waals surface area (Å²) in [5.74, 6) is 0.406. The molecule has 0 aromatic carbocycles. The molecule has 11 heavy (non-hydrogen) atoms. The lowest BCUT2D eigenvalue weighted by Crippen LogP contribution is -2.51. The second kappa shape index (κ2) is 2.76. The number of piperidine rings is 1. The second-order valence-corrected chi connectivity index (χ2v) is 4.61. The van der Waals surface area contributed by atoms with Gasteiger partial charge in [-0.25, -0.2) is 0 Å². The van der Waals surface area contributed by atoms with Crippen LogP contribution in [-0.4, -0.2) is 36.2 Å². The van der Waals surface area contributed by atoms with Gasteiger partial charge in [-0.3, -0.25) is 0 Å². The van der Waals surface area contributed by atoms with E-state index in [4.69, 9.17) is 0 Å². The molecule has 0 spiro atoms. The molecule has 2 heteroatoms. The molecule has 0 amide bonds. The number of rotatable bonds is 0. The highest BCUT2D eigenvalue weighted by molar-refractivity contribution is 4.89. The Bertz CT molecular complexity index is 144. The molecule has 1 N–H and O–H groups in total. The van der Waals surface area contributed by atoms with Gasteiger partial charge in [0.2, 0.25) is 0 Å². The summed E-state index contributed by atoms with van der Waals surface area (Å²) in [4.78, 5) is 2.29. The number of hydrogen-bond donors (Lipinski definition) is 1. The van der Waals surface area contributed by atoms with Gasteiger partial charge < -0.3 is 10.0 Å². The van der Waals surface area contributed by atoms with E-state index in [1.165, 1.54) is 0 Å². The lowest BCUT2D eigenvalue weighted by molar-refractivity contribution is -0.0539. The first-order chi connectivity index (χ1) is 4.93. The first-order valence-corrected chi connectivity index (χ1v) is 4.30. The highest BCUT2D eigenvalue weighted by Crippen LogP contribution is 2.31. The lowest BCUT2D eigenvalue weighted by atomic mass is 9.76. The van der Waals surface area contributed by atoms with Crippen molar-refractivity contribution in [1.29, 1.82) is 0 Å². The minimum absolute atomic E-state index is 0.0619. The van der Waals surface area contributed by atoms with E-state index in [0.29, 0.717) is 5.92 Å². The summed E-state index contributed by atoms with van der Waals surface area (Å²) in [6.07, 6.45) is -0.140. The van der Waals surface area contributed by atoms with Gasteiger partial charge in [0.1, 0.15) is 0 Å². The van der Waals surface area contributed by atoms with Gasteiger partial charge in [0.15, 0.2) is 0 Å². The molecule has 1 unspecified atom stereocenters. The Morgan fingerprint density at radius 3 is 2.45 bits per heavy atom. The molecular weight excluding hydrogens is 138 g/mol. The van der Waals surface area contributed by atoms with Crippen LogP contribution in [0.3, 0.4) is 0 Å². The molecule has 1 rings (SSSR count). The third kappa shape index (κ3) is 1.74. The highest BCUT2D eigenvalue weighted by atomic mass is 16.3. The number of aliphatic hydroxyl groups is 1. The monoisotopic (exact) mass is 157 g/mol. The van der Waals surface area contributed by atoms with Crippen LogP contribution in [0.4, 0.5) is 0 Å². The topological polar surface area (TPSA) is 23.5 Å². The average molecular weight is 157 g/mol. The van der Waals surface area contributed by atoms with Crippen LogP contribution in [0.2, 0.25) is 0 Å². The van der Waals surface area contributed by atoms with Crippen molar-refractivity contribution >= 4 is 0 Å². The van der Waals surface area contributed by atoms with E-state index in [1.54, 1.807) is 0 Å². The predicted octanol–water partition coefficient (Wildman–Crippen LogP) is 0.955. The first kappa shape index (κ1) is 9.01. The van der Waals surface area contributed by atoms with Crippen LogP contribution < -0.4 is 0 Å². The Morgan fingerprint density at radius 1 is 1.45 bits per heavy atom. The van der Waals surface area contributed by atoms with Gasteiger partial charge in [0.25, 0.3) is 0 Å². The van der Waals surface area contributed by atoms with Gasteiger partial charge in [0, 0.05) is 18.5 Å². The van der Waals surface area contributed by atoms with E-state index >= 15 is 0 Å². The molecule has 1 saturated heterocycles. The molecule has 0 saturated carbocycles. The summed E-state index contributed by atoms with van der Waals surface area (Å²) in [7, 11) is 2.12. The van der Waals surface area contributed by atoms with E-state index in [9.17, 15) is 5.11 Å². The van der Waals surface area contributed by atoms with Crippen molar-refractivity contribution in [3.63, 3.8) is 0 Å². The van der Waals surface area contributed by atoms with E-state index in [0.717, 1.165) is 13.1 Å². The third-order valence-electron chi connectivity index (χ3n) is 2.62. The number of hydrogen-bond acceptors (Lipinski definition) is 2. The molecule has 1 aliphatic rings. The van der Waals surface area contributed by atoms with E-state index in [1.807, 2.05) is 0 Å². The Hall–Kier alpha value is -0.0800. The predicted molar refractivity (Wildman–Crippen MR) is 46.4 cm³/mol. The average Bonchev–Trinajstić information content (AvgIpc) is 1.81. The van der Waals surface area contributed by atoms with Gasteiger partial charge in [0.05, 0.1) is 6.10 Å². The third-order valence-corrected chi connectivity index (χ3v) is 2.62. The van der Waals surface area contributed by atoms with Crippen molar-refractivity contribution in [3.8, 4) is 0 Å². The molecule has 1 heterocycles. The fourth-order valence-electron chi connectivity index (χ4n) is 2.22. The maximum Gasteiger partial charge on any atom is 0.0641 e. The zero-order chi connectivity index (χ0) is 8.65. The van der Waals surface area contributed by atoms with E-state index < -0.39 is 0 Å².